The van der Waals surface area contributed by atoms with E-state index in [2.05, 4.69) is 86.5 Å². The van der Waals surface area contributed by atoms with Gasteiger partial charge in [0.15, 0.2) is 0 Å². The first-order valence-electron chi connectivity index (χ1n) is 8.03. The number of hydrogen-bond donors (Lipinski definition) is 0. The summed E-state index contributed by atoms with van der Waals surface area (Å²) in [6, 6.07) is 23.3. The van der Waals surface area contributed by atoms with E-state index in [0.717, 1.165) is 0 Å². The van der Waals surface area contributed by atoms with Crippen LogP contribution in [0.15, 0.2) is 60.7 Å². The van der Waals surface area contributed by atoms with E-state index in [4.69, 9.17) is 0 Å². The summed E-state index contributed by atoms with van der Waals surface area (Å²) in [5.74, 6) is 0. The molecule has 110 valence electrons. The van der Waals surface area contributed by atoms with Crippen molar-refractivity contribution in [3.63, 3.8) is 0 Å². The Labute approximate surface area is 128 Å². The molecule has 1 saturated heterocycles. The van der Waals surface area contributed by atoms with Crippen molar-refractivity contribution in [1.82, 2.24) is 4.90 Å². The van der Waals surface area contributed by atoms with Gasteiger partial charge in [0.25, 0.3) is 0 Å². The van der Waals surface area contributed by atoms with Crippen LogP contribution in [0.2, 0.25) is 0 Å². The summed E-state index contributed by atoms with van der Waals surface area (Å²) in [5.41, 5.74) is 3.03. The molecule has 0 unspecified atom stereocenters. The minimum Gasteiger partial charge on any atom is -0.299 e. The molecule has 2 aromatic rings. The third-order valence-corrected chi connectivity index (χ3v) is 5.34. The molecule has 0 bridgehead atoms. The molecule has 3 rings (SSSR count). The second-order valence-electron chi connectivity index (χ2n) is 6.35. The second kappa shape index (κ2) is 5.65. The molecule has 0 N–H and O–H groups in total. The monoisotopic (exact) mass is 279 g/mol. The van der Waals surface area contributed by atoms with Gasteiger partial charge in [0.05, 0.1) is 0 Å². The van der Waals surface area contributed by atoms with E-state index in [0.29, 0.717) is 12.1 Å². The Hall–Kier alpha value is -1.60. The molecule has 1 fully saturated rings. The molecule has 0 aromatic heterocycles. The first kappa shape index (κ1) is 14.3. The predicted octanol–water partition coefficient (Wildman–Crippen LogP) is 4.48. The van der Waals surface area contributed by atoms with Crippen molar-refractivity contribution in [3.05, 3.63) is 71.8 Å². The molecule has 1 aliphatic heterocycles. The van der Waals surface area contributed by atoms with Gasteiger partial charge in [-0.15, -0.1) is 0 Å². The van der Waals surface area contributed by atoms with Crippen LogP contribution in [0.5, 0.6) is 0 Å². The van der Waals surface area contributed by atoms with Crippen molar-refractivity contribution in [1.29, 1.82) is 0 Å². The lowest BCUT2D eigenvalue weighted by Gasteiger charge is -2.38. The molecule has 1 nitrogen and oxygen atoms in total. The van der Waals surface area contributed by atoms with Crippen molar-refractivity contribution in [2.75, 3.05) is 7.05 Å². The van der Waals surface area contributed by atoms with E-state index in [1.54, 1.807) is 0 Å². The van der Waals surface area contributed by atoms with Crippen LogP contribution < -0.4 is 0 Å². The Balaban J connectivity index is 2.21. The highest BCUT2D eigenvalue weighted by Crippen LogP contribution is 2.48. The topological polar surface area (TPSA) is 3.24 Å². The molecule has 21 heavy (non-hydrogen) atoms. The zero-order valence-corrected chi connectivity index (χ0v) is 13.3. The predicted molar refractivity (Wildman–Crippen MR) is 89.6 cm³/mol. The summed E-state index contributed by atoms with van der Waals surface area (Å²) in [6.45, 7) is 4.68. The lowest BCUT2D eigenvalue weighted by Crippen LogP contribution is -2.42. The molecule has 1 aliphatic rings. The zero-order chi connectivity index (χ0) is 14.9. The Morgan fingerprint density at radius 3 is 1.86 bits per heavy atom. The fourth-order valence-corrected chi connectivity index (χ4v) is 4.30. The minimum atomic E-state index is 0.117. The van der Waals surface area contributed by atoms with Crippen LogP contribution in [-0.2, 0) is 5.41 Å². The Kier molecular flexibility index (Phi) is 3.86. The number of nitrogens with zero attached hydrogens (tertiary/aromatic N) is 1. The summed E-state index contributed by atoms with van der Waals surface area (Å²) in [7, 11) is 2.28. The second-order valence-corrected chi connectivity index (χ2v) is 6.35. The molecule has 1 heterocycles. The number of rotatable bonds is 3. The molecular weight excluding hydrogens is 254 g/mol. The molecule has 0 saturated carbocycles. The Morgan fingerprint density at radius 2 is 1.43 bits per heavy atom. The van der Waals surface area contributed by atoms with E-state index in [-0.39, 0.29) is 5.41 Å². The van der Waals surface area contributed by atoms with Gasteiger partial charge in [-0.25, -0.2) is 0 Å². The molecule has 0 aliphatic carbocycles. The molecule has 2 aromatic carbocycles. The summed E-state index contributed by atoms with van der Waals surface area (Å²) >= 11 is 0. The average molecular weight is 279 g/mol. The summed E-state index contributed by atoms with van der Waals surface area (Å²) < 4.78 is 0. The van der Waals surface area contributed by atoms with Gasteiger partial charge in [-0.2, -0.15) is 0 Å². The van der Waals surface area contributed by atoms with Crippen molar-refractivity contribution in [3.8, 4) is 0 Å². The van der Waals surface area contributed by atoms with E-state index in [9.17, 15) is 0 Å². The highest BCUT2D eigenvalue weighted by atomic mass is 15.2. The summed E-state index contributed by atoms with van der Waals surface area (Å²) in [6.07, 6.45) is 2.36. The van der Waals surface area contributed by atoms with Crippen LogP contribution in [0.25, 0.3) is 0 Å². The van der Waals surface area contributed by atoms with Crippen molar-refractivity contribution in [2.24, 2.45) is 0 Å². The van der Waals surface area contributed by atoms with Crippen LogP contribution in [-0.4, -0.2) is 24.0 Å². The lowest BCUT2D eigenvalue weighted by atomic mass is 9.68. The van der Waals surface area contributed by atoms with Crippen molar-refractivity contribution < 1.29 is 0 Å². The lowest BCUT2D eigenvalue weighted by molar-refractivity contribution is 0.224. The highest BCUT2D eigenvalue weighted by molar-refractivity contribution is 5.43. The standard InChI is InChI=1S/C20H25N/c1-4-19-20(15-16(2)21(19)3,17-11-7-5-8-12-17)18-13-9-6-10-14-18/h5-14,16,19H,4,15H2,1-3H3/t16-,19-/m0/s1. The van der Waals surface area contributed by atoms with E-state index >= 15 is 0 Å². The van der Waals surface area contributed by atoms with Crippen LogP contribution in [0, 0.1) is 0 Å². The first-order valence-corrected chi connectivity index (χ1v) is 8.03. The quantitative estimate of drug-likeness (QED) is 0.801. The fraction of sp³-hybridized carbons (Fsp3) is 0.400. The van der Waals surface area contributed by atoms with E-state index in [1.807, 2.05) is 0 Å². The van der Waals surface area contributed by atoms with Crippen LogP contribution >= 0.6 is 0 Å². The molecule has 0 amide bonds. The maximum atomic E-state index is 2.57. The van der Waals surface area contributed by atoms with Gasteiger partial charge in [-0.05, 0) is 37.9 Å². The SMILES string of the molecule is CC[C@@H]1N(C)[C@@H](C)CC1(c1ccccc1)c1ccccc1. The third-order valence-electron chi connectivity index (χ3n) is 5.34. The van der Waals surface area contributed by atoms with Gasteiger partial charge in [0.1, 0.15) is 0 Å². The Morgan fingerprint density at radius 1 is 0.952 bits per heavy atom. The maximum absolute atomic E-state index is 2.57. The van der Waals surface area contributed by atoms with Crippen LogP contribution in [0.3, 0.4) is 0 Å². The molecule has 0 spiro atoms. The van der Waals surface area contributed by atoms with Gasteiger partial charge in [0, 0.05) is 17.5 Å². The zero-order valence-electron chi connectivity index (χ0n) is 13.3. The van der Waals surface area contributed by atoms with Crippen LogP contribution in [0.1, 0.15) is 37.8 Å². The number of likely N-dealkylation sites (tertiary alicyclic amines) is 1. The van der Waals surface area contributed by atoms with Gasteiger partial charge < -0.3 is 0 Å². The molecular formula is C20H25N. The molecule has 0 radical (unpaired) electrons. The van der Waals surface area contributed by atoms with Gasteiger partial charge in [-0.1, -0.05) is 67.6 Å². The van der Waals surface area contributed by atoms with Crippen LogP contribution in [0.4, 0.5) is 0 Å². The normalized spacial score (nSPS) is 25.1. The Bertz CT molecular complexity index is 536. The number of hydrogen-bond acceptors (Lipinski definition) is 1. The fourth-order valence-electron chi connectivity index (χ4n) is 4.30. The van der Waals surface area contributed by atoms with Gasteiger partial charge in [-0.3, -0.25) is 4.90 Å². The molecule has 2 atom stereocenters. The van der Waals surface area contributed by atoms with Crippen molar-refractivity contribution >= 4 is 0 Å². The highest BCUT2D eigenvalue weighted by Gasteiger charge is 2.50. The largest absolute Gasteiger partial charge is 0.299 e. The third kappa shape index (κ3) is 2.20. The number of benzene rings is 2. The summed E-state index contributed by atoms with van der Waals surface area (Å²) in [5, 5.41) is 0. The summed E-state index contributed by atoms with van der Waals surface area (Å²) in [4.78, 5) is 2.57. The smallest absolute Gasteiger partial charge is 0.0372 e. The van der Waals surface area contributed by atoms with Gasteiger partial charge >= 0.3 is 0 Å². The van der Waals surface area contributed by atoms with Gasteiger partial charge in [0.2, 0.25) is 0 Å². The number of likely N-dealkylation sites (N-methyl/N-ethyl adjacent to an activating group) is 1. The maximum Gasteiger partial charge on any atom is 0.0372 e. The van der Waals surface area contributed by atoms with Crippen molar-refractivity contribution in [2.45, 2.75) is 44.2 Å². The molecule has 1 heteroatoms. The first-order chi connectivity index (χ1) is 10.2. The minimum absolute atomic E-state index is 0.117. The average Bonchev–Trinajstić information content (AvgIpc) is 2.81. The van der Waals surface area contributed by atoms with E-state index in [1.165, 1.54) is 24.0 Å². The van der Waals surface area contributed by atoms with E-state index < -0.39 is 0 Å².